The summed E-state index contributed by atoms with van der Waals surface area (Å²) in [6.07, 6.45) is 1.71. The number of rotatable bonds is 4. The molecular formula is C18H30F3N3O3S. The molecule has 0 bridgehead atoms. The molecule has 2 aliphatic heterocycles. The molecule has 28 heavy (non-hydrogen) atoms. The van der Waals surface area contributed by atoms with Crippen molar-refractivity contribution in [2.75, 3.05) is 51.6 Å². The number of amides is 1. The number of likely N-dealkylation sites (tertiary alicyclic amines) is 1. The highest BCUT2D eigenvalue weighted by Gasteiger charge is 2.39. The van der Waals surface area contributed by atoms with E-state index < -0.39 is 22.0 Å². The molecule has 1 aliphatic carbocycles. The fourth-order valence-corrected chi connectivity index (χ4v) is 6.16. The predicted octanol–water partition coefficient (Wildman–Crippen LogP) is 1.92. The normalized spacial score (nSPS) is 28.6. The summed E-state index contributed by atoms with van der Waals surface area (Å²) in [5, 5.41) is 0. The molecule has 0 N–H and O–H groups in total. The van der Waals surface area contributed by atoms with Crippen LogP contribution in [0.1, 0.15) is 38.5 Å². The number of carbonyl (C=O) groups is 1. The Bertz CT molecular complexity index is 656. The Kier molecular flexibility index (Phi) is 6.92. The third-order valence-electron chi connectivity index (χ3n) is 6.29. The highest BCUT2D eigenvalue weighted by molar-refractivity contribution is 7.89. The van der Waals surface area contributed by atoms with E-state index in [0.29, 0.717) is 18.9 Å². The molecule has 1 saturated carbocycles. The molecule has 0 radical (unpaired) electrons. The van der Waals surface area contributed by atoms with Crippen LogP contribution in [0.3, 0.4) is 0 Å². The summed E-state index contributed by atoms with van der Waals surface area (Å²) in [5.41, 5.74) is 0. The predicted molar refractivity (Wildman–Crippen MR) is 99.1 cm³/mol. The van der Waals surface area contributed by atoms with Gasteiger partial charge in [0.05, 0.1) is 6.54 Å². The lowest BCUT2D eigenvalue weighted by molar-refractivity contribution is -0.135. The number of hydrogen-bond donors (Lipinski definition) is 0. The number of carbonyl (C=O) groups excluding carboxylic acids is 1. The van der Waals surface area contributed by atoms with Gasteiger partial charge in [-0.3, -0.25) is 9.69 Å². The van der Waals surface area contributed by atoms with Crippen LogP contribution in [0.5, 0.6) is 0 Å². The highest BCUT2D eigenvalue weighted by Crippen LogP contribution is 2.36. The number of halogens is 3. The first-order chi connectivity index (χ1) is 13.1. The van der Waals surface area contributed by atoms with Gasteiger partial charge in [-0.15, -0.1) is 0 Å². The van der Waals surface area contributed by atoms with Crippen LogP contribution in [0.25, 0.3) is 0 Å². The summed E-state index contributed by atoms with van der Waals surface area (Å²) in [5.74, 6) is -0.437. The summed E-state index contributed by atoms with van der Waals surface area (Å²) < 4.78 is 62.4. The van der Waals surface area contributed by atoms with Gasteiger partial charge >= 0.3 is 6.18 Å². The van der Waals surface area contributed by atoms with Gasteiger partial charge in [-0.05, 0) is 37.6 Å². The van der Waals surface area contributed by atoms with Gasteiger partial charge in [0, 0.05) is 32.7 Å². The van der Waals surface area contributed by atoms with Crippen molar-refractivity contribution in [2.24, 2.45) is 11.8 Å². The van der Waals surface area contributed by atoms with Crippen molar-refractivity contribution in [3.8, 4) is 0 Å². The van der Waals surface area contributed by atoms with Crippen LogP contribution < -0.4 is 0 Å². The Balaban J connectivity index is 1.50. The van der Waals surface area contributed by atoms with E-state index >= 15 is 0 Å². The first-order valence-corrected chi connectivity index (χ1v) is 11.8. The van der Waals surface area contributed by atoms with E-state index in [0.717, 1.165) is 29.7 Å². The van der Waals surface area contributed by atoms with Crippen LogP contribution in [0.2, 0.25) is 0 Å². The first kappa shape index (κ1) is 21.8. The van der Waals surface area contributed by atoms with Crippen LogP contribution >= 0.6 is 0 Å². The zero-order valence-electron chi connectivity index (χ0n) is 16.2. The van der Waals surface area contributed by atoms with Gasteiger partial charge in [-0.2, -0.15) is 13.2 Å². The molecule has 6 nitrogen and oxygen atoms in total. The van der Waals surface area contributed by atoms with Crippen LogP contribution in [-0.4, -0.2) is 86.2 Å². The minimum Gasteiger partial charge on any atom is -0.341 e. The maximum Gasteiger partial charge on any atom is 0.404 e. The molecular weight excluding hydrogens is 395 g/mol. The van der Waals surface area contributed by atoms with E-state index in [9.17, 15) is 26.4 Å². The molecule has 3 aliphatic rings. The maximum atomic E-state index is 12.7. The van der Waals surface area contributed by atoms with Gasteiger partial charge in [0.1, 0.15) is 0 Å². The molecule has 2 unspecified atom stereocenters. The fourth-order valence-electron chi connectivity index (χ4n) is 4.80. The Hall–Kier alpha value is -0.870. The van der Waals surface area contributed by atoms with Crippen LogP contribution in [0.15, 0.2) is 0 Å². The van der Waals surface area contributed by atoms with Crippen molar-refractivity contribution in [1.82, 2.24) is 14.1 Å². The van der Waals surface area contributed by atoms with Crippen molar-refractivity contribution < 1.29 is 26.4 Å². The van der Waals surface area contributed by atoms with Crippen molar-refractivity contribution in [2.45, 2.75) is 44.7 Å². The molecule has 2 heterocycles. The van der Waals surface area contributed by atoms with Crippen LogP contribution in [0.4, 0.5) is 13.2 Å². The standard InChI is InChI=1S/C18H30F3N3O3S/c19-18(20,21)14-28(26,27)24-8-3-7-22(10-11-24)13-17(25)23-9-6-15-4-1-2-5-16(15)12-23/h15-16H,1-14H2. The fraction of sp³-hybridized carbons (Fsp3) is 0.944. The van der Waals surface area contributed by atoms with E-state index in [1.807, 2.05) is 9.80 Å². The van der Waals surface area contributed by atoms with Crippen molar-refractivity contribution in [3.05, 3.63) is 0 Å². The van der Waals surface area contributed by atoms with Gasteiger partial charge in [-0.1, -0.05) is 19.3 Å². The summed E-state index contributed by atoms with van der Waals surface area (Å²) in [7, 11) is -4.36. The second-order valence-electron chi connectivity index (χ2n) is 8.33. The summed E-state index contributed by atoms with van der Waals surface area (Å²) in [6, 6.07) is 0. The molecule has 2 saturated heterocycles. The molecule has 162 valence electrons. The second-order valence-corrected chi connectivity index (χ2v) is 10.3. The van der Waals surface area contributed by atoms with E-state index in [-0.39, 0.29) is 32.1 Å². The molecule has 3 fully saturated rings. The van der Waals surface area contributed by atoms with Crippen molar-refractivity contribution in [3.63, 3.8) is 0 Å². The Morgan fingerprint density at radius 2 is 1.61 bits per heavy atom. The van der Waals surface area contributed by atoms with E-state index in [1.54, 1.807) is 0 Å². The summed E-state index contributed by atoms with van der Waals surface area (Å²) >= 11 is 0. The minimum atomic E-state index is -4.74. The van der Waals surface area contributed by atoms with Gasteiger partial charge < -0.3 is 4.90 Å². The average molecular weight is 426 g/mol. The highest BCUT2D eigenvalue weighted by atomic mass is 32.2. The van der Waals surface area contributed by atoms with E-state index in [4.69, 9.17) is 0 Å². The monoisotopic (exact) mass is 425 g/mol. The lowest BCUT2D eigenvalue weighted by Crippen LogP contribution is -2.48. The number of piperidine rings is 1. The molecule has 0 aromatic heterocycles. The number of alkyl halides is 3. The Morgan fingerprint density at radius 1 is 0.893 bits per heavy atom. The number of sulfonamides is 1. The zero-order valence-corrected chi connectivity index (χ0v) is 17.0. The van der Waals surface area contributed by atoms with Crippen LogP contribution in [-0.2, 0) is 14.8 Å². The van der Waals surface area contributed by atoms with Crippen molar-refractivity contribution >= 4 is 15.9 Å². The summed E-state index contributed by atoms with van der Waals surface area (Å²) in [4.78, 5) is 16.5. The topological polar surface area (TPSA) is 60.9 Å². The molecule has 0 aromatic carbocycles. The molecule has 2 atom stereocenters. The smallest absolute Gasteiger partial charge is 0.341 e. The third-order valence-corrected chi connectivity index (χ3v) is 8.13. The van der Waals surface area contributed by atoms with E-state index in [2.05, 4.69) is 0 Å². The number of fused-ring (bicyclic) bond motifs is 1. The first-order valence-electron chi connectivity index (χ1n) is 10.2. The second kappa shape index (κ2) is 8.87. The van der Waals surface area contributed by atoms with Gasteiger partial charge in [0.25, 0.3) is 0 Å². The molecule has 3 rings (SSSR count). The third kappa shape index (κ3) is 5.82. The van der Waals surface area contributed by atoms with Gasteiger partial charge in [0.2, 0.25) is 15.9 Å². The quantitative estimate of drug-likeness (QED) is 0.691. The zero-order chi connectivity index (χ0) is 20.4. The number of nitrogens with zero attached hydrogens (tertiary/aromatic N) is 3. The minimum absolute atomic E-state index is 0.00358. The largest absolute Gasteiger partial charge is 0.404 e. The molecule has 0 spiro atoms. The number of hydrogen-bond acceptors (Lipinski definition) is 4. The Morgan fingerprint density at radius 3 is 2.32 bits per heavy atom. The molecule has 10 heteroatoms. The van der Waals surface area contributed by atoms with Gasteiger partial charge in [-0.25, -0.2) is 12.7 Å². The Labute approximate surface area is 165 Å². The maximum absolute atomic E-state index is 12.7. The SMILES string of the molecule is O=C(CN1CCCN(S(=O)(=O)CC(F)(F)F)CC1)N1CCC2CCCCC2C1. The average Bonchev–Trinajstić information content (AvgIpc) is 2.85. The van der Waals surface area contributed by atoms with E-state index in [1.165, 1.54) is 25.7 Å². The lowest BCUT2D eigenvalue weighted by Gasteiger charge is -2.41. The lowest BCUT2D eigenvalue weighted by atomic mass is 9.75. The summed E-state index contributed by atoms with van der Waals surface area (Å²) in [6.45, 7) is 2.66. The van der Waals surface area contributed by atoms with Crippen LogP contribution in [0, 0.1) is 11.8 Å². The molecule has 0 aromatic rings. The molecule has 1 amide bonds. The van der Waals surface area contributed by atoms with Crippen molar-refractivity contribution in [1.29, 1.82) is 0 Å². The van der Waals surface area contributed by atoms with Gasteiger partial charge in [0.15, 0.2) is 5.75 Å².